The molecule has 0 aromatic heterocycles. The summed E-state index contributed by atoms with van der Waals surface area (Å²) in [6.45, 7) is 6.38. The summed E-state index contributed by atoms with van der Waals surface area (Å²) in [4.78, 5) is 26.2. The van der Waals surface area contributed by atoms with Gasteiger partial charge in [0.15, 0.2) is 0 Å². The van der Waals surface area contributed by atoms with Crippen LogP contribution in [0.25, 0.3) is 0 Å². The van der Waals surface area contributed by atoms with Crippen molar-refractivity contribution in [2.75, 3.05) is 6.61 Å². The lowest BCUT2D eigenvalue weighted by Crippen LogP contribution is -2.46. The monoisotopic (exact) mass is 884 g/mol. The lowest BCUT2D eigenvalue weighted by Gasteiger charge is -2.24. The highest BCUT2D eigenvalue weighted by Crippen LogP contribution is 2.18. The van der Waals surface area contributed by atoms with Gasteiger partial charge in [-0.25, -0.2) is 0 Å². The van der Waals surface area contributed by atoms with E-state index in [1.165, 1.54) is 135 Å². The van der Waals surface area contributed by atoms with Gasteiger partial charge in [-0.15, -0.1) is 0 Å². The number of unbranched alkanes of at least 4 members (excludes halogenated alkanes) is 29. The van der Waals surface area contributed by atoms with Gasteiger partial charge in [-0.2, -0.15) is 0 Å². The minimum Gasteiger partial charge on any atom is -0.462 e. The summed E-state index contributed by atoms with van der Waals surface area (Å²) in [5.74, 6) is -0.498. The van der Waals surface area contributed by atoms with E-state index in [0.29, 0.717) is 19.3 Å². The Morgan fingerprint density at radius 1 is 0.476 bits per heavy atom. The average molecular weight is 884 g/mol. The molecule has 0 bridgehead atoms. The highest BCUT2D eigenvalue weighted by molar-refractivity contribution is 5.77. The molecule has 0 aliphatic carbocycles. The maximum absolute atomic E-state index is 13.2. The van der Waals surface area contributed by atoms with Gasteiger partial charge in [0.2, 0.25) is 5.91 Å². The van der Waals surface area contributed by atoms with Crippen molar-refractivity contribution in [2.24, 2.45) is 0 Å². The van der Waals surface area contributed by atoms with E-state index in [2.05, 4.69) is 74.7 Å². The molecule has 0 rings (SSSR count). The van der Waals surface area contributed by atoms with Crippen molar-refractivity contribution in [1.82, 2.24) is 5.32 Å². The molecule has 3 unspecified atom stereocenters. The first-order valence-corrected chi connectivity index (χ1v) is 27.4. The molecule has 0 aliphatic rings. The first-order valence-electron chi connectivity index (χ1n) is 27.4. The minimum atomic E-state index is -0.795. The number of hydrogen-bond donors (Lipinski definition) is 3. The second-order valence-corrected chi connectivity index (χ2v) is 18.6. The molecule has 3 atom stereocenters. The molecule has 1 amide bonds. The SMILES string of the molecule is CC/C=C/C/C=C/C/C=C/CCCCCCC(CC(=O)NC(CO)C(O)CCCCCCCCCCCCCCCC)OC(=O)CCCCCCC/C=C/CCCCCCCCC. The third-order valence-corrected chi connectivity index (χ3v) is 12.4. The van der Waals surface area contributed by atoms with Gasteiger partial charge in [-0.3, -0.25) is 9.59 Å². The number of aliphatic hydroxyl groups is 2. The predicted octanol–water partition coefficient (Wildman–Crippen LogP) is 16.6. The van der Waals surface area contributed by atoms with E-state index >= 15 is 0 Å². The van der Waals surface area contributed by atoms with Crippen LogP contribution in [0.5, 0.6) is 0 Å². The summed E-state index contributed by atoms with van der Waals surface area (Å²) >= 11 is 0. The molecular formula is C57H105NO5. The Bertz CT molecular complexity index is 1080. The standard InChI is InChI=1S/C57H105NO5/c1-4-7-10-13-16-19-22-25-28-29-32-35-38-41-44-47-50-57(62)63-53(48-45-42-39-36-33-30-26-23-20-17-14-11-8-5-2)51-56(61)58-54(52-59)55(60)49-46-43-40-37-34-31-27-24-21-18-15-12-9-6-3/h8,11,17,20,26,28-30,53-55,59-60H,4-7,9-10,12-16,18-19,21-25,27,31-52H2,1-3H3,(H,58,61)/b11-8+,20-17+,29-28+,30-26+. The van der Waals surface area contributed by atoms with Gasteiger partial charge >= 0.3 is 5.97 Å². The third-order valence-electron chi connectivity index (χ3n) is 12.4. The number of aliphatic hydroxyl groups excluding tert-OH is 2. The molecule has 0 saturated carbocycles. The topological polar surface area (TPSA) is 95.9 Å². The van der Waals surface area contributed by atoms with E-state index < -0.39 is 18.2 Å². The maximum Gasteiger partial charge on any atom is 0.306 e. The van der Waals surface area contributed by atoms with Crippen LogP contribution in [0.1, 0.15) is 278 Å². The zero-order chi connectivity index (χ0) is 45.9. The molecule has 6 heteroatoms. The highest BCUT2D eigenvalue weighted by atomic mass is 16.5. The lowest BCUT2D eigenvalue weighted by molar-refractivity contribution is -0.151. The fraction of sp³-hybridized carbons (Fsp3) is 0.825. The molecule has 0 radical (unpaired) electrons. The molecule has 3 N–H and O–H groups in total. The van der Waals surface area contributed by atoms with E-state index in [1.54, 1.807) is 0 Å². The minimum absolute atomic E-state index is 0.0603. The normalized spacial score (nSPS) is 13.5. The number of ether oxygens (including phenoxy) is 1. The van der Waals surface area contributed by atoms with Gasteiger partial charge in [-0.1, -0.05) is 230 Å². The Balaban J connectivity index is 4.59. The average Bonchev–Trinajstić information content (AvgIpc) is 3.28. The second-order valence-electron chi connectivity index (χ2n) is 18.6. The highest BCUT2D eigenvalue weighted by Gasteiger charge is 2.24. The van der Waals surface area contributed by atoms with Gasteiger partial charge in [-0.05, 0) is 83.5 Å². The van der Waals surface area contributed by atoms with Gasteiger partial charge in [0.05, 0.1) is 25.2 Å². The Hall–Kier alpha value is -2.18. The van der Waals surface area contributed by atoms with Crippen LogP contribution in [0, 0.1) is 0 Å². The fourth-order valence-electron chi connectivity index (χ4n) is 8.26. The molecule has 0 aromatic rings. The maximum atomic E-state index is 13.2. The van der Waals surface area contributed by atoms with Crippen LogP contribution in [0.15, 0.2) is 48.6 Å². The molecule has 0 aromatic carbocycles. The van der Waals surface area contributed by atoms with Gasteiger partial charge < -0.3 is 20.3 Å². The number of rotatable bonds is 49. The van der Waals surface area contributed by atoms with Crippen molar-refractivity contribution in [2.45, 2.75) is 296 Å². The molecule has 0 fully saturated rings. The van der Waals surface area contributed by atoms with Crippen LogP contribution in [-0.2, 0) is 14.3 Å². The molecule has 0 aliphatic heterocycles. The Labute approximate surface area is 391 Å². The van der Waals surface area contributed by atoms with Crippen LogP contribution >= 0.6 is 0 Å². The van der Waals surface area contributed by atoms with Crippen molar-refractivity contribution in [3.05, 3.63) is 48.6 Å². The van der Waals surface area contributed by atoms with E-state index in [9.17, 15) is 19.8 Å². The van der Waals surface area contributed by atoms with Crippen LogP contribution < -0.4 is 5.32 Å². The fourth-order valence-corrected chi connectivity index (χ4v) is 8.26. The molecule has 0 saturated heterocycles. The predicted molar refractivity (Wildman–Crippen MR) is 273 cm³/mol. The summed E-state index contributed by atoms with van der Waals surface area (Å²) in [7, 11) is 0. The smallest absolute Gasteiger partial charge is 0.306 e. The second kappa shape index (κ2) is 50.8. The van der Waals surface area contributed by atoms with E-state index in [-0.39, 0.29) is 24.9 Å². The molecule has 368 valence electrons. The number of carbonyl (C=O) groups is 2. The van der Waals surface area contributed by atoms with Crippen molar-refractivity contribution >= 4 is 11.9 Å². The summed E-state index contributed by atoms with van der Waals surface area (Å²) in [5.41, 5.74) is 0. The van der Waals surface area contributed by atoms with E-state index in [4.69, 9.17) is 4.74 Å². The van der Waals surface area contributed by atoms with Crippen molar-refractivity contribution in [3.63, 3.8) is 0 Å². The lowest BCUT2D eigenvalue weighted by atomic mass is 10.0. The molecular weight excluding hydrogens is 779 g/mol. The van der Waals surface area contributed by atoms with Gasteiger partial charge in [0.1, 0.15) is 6.10 Å². The molecule has 0 spiro atoms. The Morgan fingerprint density at radius 3 is 1.32 bits per heavy atom. The summed E-state index contributed by atoms with van der Waals surface area (Å²) in [6.07, 6.45) is 61.7. The van der Waals surface area contributed by atoms with E-state index in [1.807, 2.05) is 0 Å². The molecule has 0 heterocycles. The third kappa shape index (κ3) is 46.2. The number of hydrogen-bond acceptors (Lipinski definition) is 5. The number of allylic oxidation sites excluding steroid dienone is 8. The van der Waals surface area contributed by atoms with Crippen LogP contribution in [0.4, 0.5) is 0 Å². The number of amides is 1. The van der Waals surface area contributed by atoms with E-state index in [0.717, 1.165) is 96.3 Å². The number of nitrogens with one attached hydrogen (secondary N) is 1. The van der Waals surface area contributed by atoms with Crippen molar-refractivity contribution in [1.29, 1.82) is 0 Å². The zero-order valence-corrected chi connectivity index (χ0v) is 42.0. The first kappa shape index (κ1) is 60.8. The summed E-state index contributed by atoms with van der Waals surface area (Å²) in [6, 6.07) is -0.710. The quantitative estimate of drug-likeness (QED) is 0.0321. The molecule has 6 nitrogen and oxygen atoms in total. The summed E-state index contributed by atoms with van der Waals surface area (Å²) < 4.78 is 5.94. The van der Waals surface area contributed by atoms with Gasteiger partial charge in [0.25, 0.3) is 0 Å². The number of carbonyl (C=O) groups excluding carboxylic acids is 2. The van der Waals surface area contributed by atoms with Gasteiger partial charge in [0, 0.05) is 6.42 Å². The van der Waals surface area contributed by atoms with Crippen LogP contribution in [-0.4, -0.2) is 46.9 Å². The van der Waals surface area contributed by atoms with Crippen molar-refractivity contribution in [3.8, 4) is 0 Å². The first-order chi connectivity index (χ1) is 31.0. The Kier molecular flexibility index (Phi) is 49.1. The zero-order valence-electron chi connectivity index (χ0n) is 42.0. The largest absolute Gasteiger partial charge is 0.462 e. The Morgan fingerprint density at radius 2 is 0.857 bits per heavy atom. The van der Waals surface area contributed by atoms with Crippen LogP contribution in [0.3, 0.4) is 0 Å². The number of esters is 1. The van der Waals surface area contributed by atoms with Crippen molar-refractivity contribution < 1.29 is 24.5 Å². The molecule has 63 heavy (non-hydrogen) atoms. The van der Waals surface area contributed by atoms with Crippen LogP contribution in [0.2, 0.25) is 0 Å². The summed E-state index contributed by atoms with van der Waals surface area (Å²) in [5, 5.41) is 23.8.